The van der Waals surface area contributed by atoms with E-state index < -0.39 is 48.2 Å². The molecule has 0 aromatic carbocycles. The Morgan fingerprint density at radius 2 is 1.17 bits per heavy atom. The van der Waals surface area contributed by atoms with Crippen LogP contribution in [-0.2, 0) is 4.74 Å². The smallest absolute Gasteiger partial charge is 0.305 e. The van der Waals surface area contributed by atoms with Gasteiger partial charge in [0.05, 0.1) is 0 Å². The molecule has 140 valence electrons. The predicted molar refractivity (Wildman–Crippen MR) is 60.7 cm³/mol. The lowest BCUT2D eigenvalue weighted by Crippen LogP contribution is -2.65. The Balaban J connectivity index is 5.88. The molecule has 0 bridgehead atoms. The van der Waals surface area contributed by atoms with E-state index in [1.165, 1.54) is 0 Å². The van der Waals surface area contributed by atoms with Crippen LogP contribution in [0.4, 0.5) is 43.9 Å². The Kier molecular flexibility index (Phi) is 5.77. The van der Waals surface area contributed by atoms with E-state index in [-0.39, 0.29) is 20.8 Å². The van der Waals surface area contributed by atoms with Gasteiger partial charge in [-0.25, -0.2) is 13.2 Å². The highest BCUT2D eigenvalue weighted by molar-refractivity contribution is 5.05. The van der Waals surface area contributed by atoms with Crippen LogP contribution in [0.5, 0.6) is 0 Å². The zero-order valence-electron chi connectivity index (χ0n) is 12.6. The number of alkyl halides is 10. The minimum absolute atomic E-state index is 0.0887. The third-order valence-electron chi connectivity index (χ3n) is 3.63. The van der Waals surface area contributed by atoms with Crippen LogP contribution in [0, 0.1) is 0 Å². The summed E-state index contributed by atoms with van der Waals surface area (Å²) in [5.41, 5.74) is -12.3. The maximum Gasteiger partial charge on any atom is 0.456 e. The molecule has 0 aromatic heterocycles. The van der Waals surface area contributed by atoms with E-state index in [0.29, 0.717) is 0 Å². The van der Waals surface area contributed by atoms with Gasteiger partial charge in [0, 0.05) is 0 Å². The Labute approximate surface area is 126 Å². The van der Waals surface area contributed by atoms with E-state index in [9.17, 15) is 43.9 Å². The van der Waals surface area contributed by atoms with E-state index in [1.54, 1.807) is 0 Å². The predicted octanol–water partition coefficient (Wildman–Crippen LogP) is 5.39. The quantitative estimate of drug-likeness (QED) is 0.549. The van der Waals surface area contributed by atoms with E-state index in [4.69, 9.17) is 0 Å². The van der Waals surface area contributed by atoms with Crippen LogP contribution >= 0.6 is 0 Å². The molecule has 0 amide bonds. The molecule has 23 heavy (non-hydrogen) atoms. The van der Waals surface area contributed by atoms with Crippen molar-refractivity contribution in [1.29, 1.82) is 0 Å². The number of ether oxygens (including phenoxy) is 1. The minimum Gasteiger partial charge on any atom is -0.305 e. The second-order valence-electron chi connectivity index (χ2n) is 5.69. The first-order valence-electron chi connectivity index (χ1n) is 6.29. The molecule has 0 saturated heterocycles. The zero-order chi connectivity index (χ0) is 19.1. The Morgan fingerprint density at radius 3 is 1.43 bits per heavy atom. The lowest BCUT2D eigenvalue weighted by atomic mass is 9.84. The van der Waals surface area contributed by atoms with Gasteiger partial charge in [0.2, 0.25) is 0 Å². The molecule has 0 N–H and O–H groups in total. The molecule has 0 aliphatic heterocycles. The van der Waals surface area contributed by atoms with Gasteiger partial charge in [0.1, 0.15) is 12.3 Å². The first-order chi connectivity index (χ1) is 9.83. The molecule has 0 aliphatic rings. The Hall–Kier alpha value is -0.740. The third-order valence-corrected chi connectivity index (χ3v) is 3.63. The third kappa shape index (κ3) is 3.53. The molecular formula is C12H16F10O. The molecule has 2 unspecified atom stereocenters. The highest BCUT2D eigenvalue weighted by Crippen LogP contribution is 2.52. The highest BCUT2D eigenvalue weighted by Gasteiger charge is 2.74. The van der Waals surface area contributed by atoms with Crippen molar-refractivity contribution in [2.24, 2.45) is 0 Å². The summed E-state index contributed by atoms with van der Waals surface area (Å²) in [6, 6.07) is 0. The van der Waals surface area contributed by atoms with E-state index >= 15 is 0 Å². The van der Waals surface area contributed by atoms with Crippen molar-refractivity contribution in [2.45, 2.75) is 69.3 Å². The van der Waals surface area contributed by atoms with Crippen molar-refractivity contribution in [3.63, 3.8) is 0 Å². The van der Waals surface area contributed by atoms with Gasteiger partial charge >= 0.3 is 18.2 Å². The van der Waals surface area contributed by atoms with E-state index in [0.717, 1.165) is 6.92 Å². The SMILES string of the molecule is CCC(C)(F)C(F)(CF)C(F)(F)OC(C)(C)C(F)(F)C(F)(F)F. The van der Waals surface area contributed by atoms with Gasteiger partial charge in [-0.05, 0) is 27.2 Å². The molecule has 1 nitrogen and oxygen atoms in total. The number of rotatable bonds is 7. The van der Waals surface area contributed by atoms with E-state index in [1.807, 2.05) is 0 Å². The monoisotopic (exact) mass is 366 g/mol. The first-order valence-corrected chi connectivity index (χ1v) is 6.29. The Morgan fingerprint density at radius 1 is 0.783 bits per heavy atom. The van der Waals surface area contributed by atoms with Crippen molar-refractivity contribution in [3.8, 4) is 0 Å². The molecule has 0 radical (unpaired) electrons. The fourth-order valence-electron chi connectivity index (χ4n) is 1.61. The Bertz CT molecular complexity index is 415. The van der Waals surface area contributed by atoms with Crippen LogP contribution in [0.15, 0.2) is 0 Å². The summed E-state index contributed by atoms with van der Waals surface area (Å²) in [5.74, 6) is -5.83. The minimum atomic E-state index is -6.30. The summed E-state index contributed by atoms with van der Waals surface area (Å²) in [6.07, 6.45) is -12.9. The van der Waals surface area contributed by atoms with Crippen LogP contribution in [0.3, 0.4) is 0 Å². The molecule has 11 heteroatoms. The average Bonchev–Trinajstić information content (AvgIpc) is 2.34. The molecular weight excluding hydrogens is 350 g/mol. The molecule has 2 atom stereocenters. The molecule has 0 rings (SSSR count). The van der Waals surface area contributed by atoms with Crippen LogP contribution in [0.25, 0.3) is 0 Å². The van der Waals surface area contributed by atoms with Crippen molar-refractivity contribution in [2.75, 3.05) is 6.67 Å². The highest BCUT2D eigenvalue weighted by atomic mass is 19.4. The summed E-state index contributed by atoms with van der Waals surface area (Å²) in [5, 5.41) is 0. The summed E-state index contributed by atoms with van der Waals surface area (Å²) < 4.78 is 135. The zero-order valence-corrected chi connectivity index (χ0v) is 12.6. The molecule has 0 spiro atoms. The van der Waals surface area contributed by atoms with Crippen molar-refractivity contribution in [1.82, 2.24) is 0 Å². The van der Waals surface area contributed by atoms with Gasteiger partial charge in [-0.15, -0.1) is 0 Å². The summed E-state index contributed by atoms with van der Waals surface area (Å²) in [4.78, 5) is 0. The maximum atomic E-state index is 14.1. The molecule has 0 saturated carbocycles. The lowest BCUT2D eigenvalue weighted by Gasteiger charge is -2.44. The summed E-state index contributed by atoms with van der Waals surface area (Å²) in [7, 11) is 0. The molecule has 0 heterocycles. The van der Waals surface area contributed by atoms with Gasteiger partial charge in [-0.3, -0.25) is 0 Å². The number of hydrogen-bond acceptors (Lipinski definition) is 1. The van der Waals surface area contributed by atoms with Gasteiger partial charge in [-0.2, -0.15) is 30.7 Å². The first kappa shape index (κ1) is 22.3. The second-order valence-corrected chi connectivity index (χ2v) is 5.69. The number of hydrogen-bond donors (Lipinski definition) is 0. The van der Waals surface area contributed by atoms with Crippen LogP contribution < -0.4 is 0 Å². The normalized spacial score (nSPS) is 20.1. The molecule has 0 aliphatic carbocycles. The van der Waals surface area contributed by atoms with Gasteiger partial charge in [0.25, 0.3) is 5.67 Å². The fourth-order valence-corrected chi connectivity index (χ4v) is 1.61. The topological polar surface area (TPSA) is 9.23 Å². The van der Waals surface area contributed by atoms with Crippen LogP contribution in [0.2, 0.25) is 0 Å². The van der Waals surface area contributed by atoms with Crippen molar-refractivity contribution < 1.29 is 48.6 Å². The largest absolute Gasteiger partial charge is 0.456 e. The van der Waals surface area contributed by atoms with Gasteiger partial charge < -0.3 is 4.74 Å². The summed E-state index contributed by atoms with van der Waals surface area (Å²) in [6.45, 7) is -1.80. The summed E-state index contributed by atoms with van der Waals surface area (Å²) >= 11 is 0. The molecule has 0 aromatic rings. The second kappa shape index (κ2) is 5.96. The van der Waals surface area contributed by atoms with Crippen LogP contribution in [-0.4, -0.2) is 41.8 Å². The van der Waals surface area contributed by atoms with E-state index in [2.05, 4.69) is 4.74 Å². The molecule has 0 fully saturated rings. The average molecular weight is 366 g/mol. The van der Waals surface area contributed by atoms with Crippen molar-refractivity contribution in [3.05, 3.63) is 0 Å². The fraction of sp³-hybridized carbons (Fsp3) is 1.00. The maximum absolute atomic E-state index is 14.1. The van der Waals surface area contributed by atoms with Gasteiger partial charge in [0.15, 0.2) is 5.67 Å². The van der Waals surface area contributed by atoms with Gasteiger partial charge in [-0.1, -0.05) is 6.92 Å². The van der Waals surface area contributed by atoms with Crippen molar-refractivity contribution >= 4 is 0 Å². The number of halogens is 10. The van der Waals surface area contributed by atoms with Crippen LogP contribution in [0.1, 0.15) is 34.1 Å². The standard InChI is InChI=1S/C12H16F10O/c1-5-8(4,14)9(15,6-13)12(21,22)23-7(2,3)10(16,17)11(18,19)20/h5-6H2,1-4H3. The lowest BCUT2D eigenvalue weighted by molar-refractivity contribution is -0.422.